The third kappa shape index (κ3) is 5.53. The zero-order chi connectivity index (χ0) is 19.9. The number of hydrogen-bond acceptors (Lipinski definition) is 6. The first kappa shape index (κ1) is 19.8. The molecule has 3 aromatic rings. The fourth-order valence-corrected chi connectivity index (χ4v) is 2.90. The van der Waals surface area contributed by atoms with E-state index >= 15 is 0 Å². The highest BCUT2D eigenvalue weighted by atomic mass is 35.5. The predicted octanol–water partition coefficient (Wildman–Crippen LogP) is 3.34. The molecule has 3 N–H and O–H groups in total. The van der Waals surface area contributed by atoms with Crippen LogP contribution < -0.4 is 16.2 Å². The Morgan fingerprint density at radius 2 is 1.86 bits per heavy atom. The Labute approximate surface area is 168 Å². The monoisotopic (exact) mass is 398 g/mol. The summed E-state index contributed by atoms with van der Waals surface area (Å²) in [5.74, 6) is 1.29. The van der Waals surface area contributed by atoms with E-state index in [2.05, 4.69) is 30.6 Å². The van der Waals surface area contributed by atoms with Crippen molar-refractivity contribution in [3.63, 3.8) is 0 Å². The van der Waals surface area contributed by atoms with Gasteiger partial charge in [-0.1, -0.05) is 17.7 Å². The number of nitrogens with one attached hydrogen (secondary N) is 3. The number of aromatic nitrogens is 4. The average molecular weight is 399 g/mol. The minimum Gasteiger partial charge on any atom is -0.370 e. The summed E-state index contributed by atoms with van der Waals surface area (Å²) in [5.41, 5.74) is 3.41. The van der Waals surface area contributed by atoms with Crippen LogP contribution in [0.4, 0.5) is 11.8 Å². The summed E-state index contributed by atoms with van der Waals surface area (Å²) in [6, 6.07) is 5.78. The molecule has 146 valence electrons. The molecule has 0 unspecified atom stereocenters. The lowest BCUT2D eigenvalue weighted by atomic mass is 10.1. The van der Waals surface area contributed by atoms with Crippen LogP contribution in [0.25, 0.3) is 0 Å². The summed E-state index contributed by atoms with van der Waals surface area (Å²) in [6.45, 7) is 5.30. The van der Waals surface area contributed by atoms with E-state index in [1.807, 2.05) is 32.0 Å². The van der Waals surface area contributed by atoms with Crippen molar-refractivity contribution in [1.82, 2.24) is 19.9 Å². The molecule has 7 nitrogen and oxygen atoms in total. The number of anilines is 2. The van der Waals surface area contributed by atoms with E-state index in [0.29, 0.717) is 29.5 Å². The molecule has 0 aromatic carbocycles. The summed E-state index contributed by atoms with van der Waals surface area (Å²) in [4.78, 5) is 27.9. The van der Waals surface area contributed by atoms with Gasteiger partial charge in [-0.25, -0.2) is 9.97 Å². The van der Waals surface area contributed by atoms with Gasteiger partial charge in [-0.3, -0.25) is 14.8 Å². The van der Waals surface area contributed by atoms with Gasteiger partial charge in [0.05, 0.1) is 5.02 Å². The van der Waals surface area contributed by atoms with Crippen molar-refractivity contribution >= 4 is 23.4 Å². The highest BCUT2D eigenvalue weighted by molar-refractivity contribution is 6.30. The van der Waals surface area contributed by atoms with Crippen molar-refractivity contribution in [2.75, 3.05) is 23.7 Å². The van der Waals surface area contributed by atoms with Crippen LogP contribution in [0.3, 0.4) is 0 Å². The second-order valence-corrected chi connectivity index (χ2v) is 7.03. The second-order valence-electron chi connectivity index (χ2n) is 6.60. The lowest BCUT2D eigenvalue weighted by Crippen LogP contribution is -2.18. The van der Waals surface area contributed by atoms with Crippen LogP contribution in [0.5, 0.6) is 0 Å². The maximum atomic E-state index is 12.3. The van der Waals surface area contributed by atoms with Gasteiger partial charge in [0.1, 0.15) is 5.82 Å². The number of nitrogens with zero attached hydrogens (tertiary/aromatic N) is 3. The summed E-state index contributed by atoms with van der Waals surface area (Å²) < 4.78 is 0. The molecule has 0 aliphatic heterocycles. The standard InChI is InChI=1S/C20H23ClN6O/c1-13-8-17(21)12-25-18(13)22-6-3-7-23-20-26-11-16(19(28)27-20)9-15-5-4-14(2)24-10-15/h4-5,8,10-12H,3,6-7,9H2,1-2H3,(H,22,25)(H2,23,26,27,28). The van der Waals surface area contributed by atoms with Crippen LogP contribution in [-0.2, 0) is 6.42 Å². The van der Waals surface area contributed by atoms with Crippen molar-refractivity contribution in [2.24, 2.45) is 0 Å². The summed E-state index contributed by atoms with van der Waals surface area (Å²) in [5, 5.41) is 7.03. The first-order chi connectivity index (χ1) is 13.5. The number of hydrogen-bond donors (Lipinski definition) is 3. The van der Waals surface area contributed by atoms with Crippen LogP contribution in [0.15, 0.2) is 41.6 Å². The number of pyridine rings is 2. The minimum absolute atomic E-state index is 0.141. The largest absolute Gasteiger partial charge is 0.370 e. The van der Waals surface area contributed by atoms with Gasteiger partial charge in [-0.2, -0.15) is 0 Å². The summed E-state index contributed by atoms with van der Waals surface area (Å²) in [7, 11) is 0. The Kier molecular flexibility index (Phi) is 6.60. The molecule has 0 saturated heterocycles. The van der Waals surface area contributed by atoms with Crippen molar-refractivity contribution in [1.29, 1.82) is 0 Å². The van der Waals surface area contributed by atoms with E-state index < -0.39 is 0 Å². The average Bonchev–Trinajstić information content (AvgIpc) is 2.67. The number of aromatic amines is 1. The maximum Gasteiger partial charge on any atom is 0.255 e. The molecule has 8 heteroatoms. The van der Waals surface area contributed by atoms with Crippen LogP contribution in [-0.4, -0.2) is 33.0 Å². The topological polar surface area (TPSA) is 95.6 Å². The van der Waals surface area contributed by atoms with Crippen molar-refractivity contribution < 1.29 is 0 Å². The van der Waals surface area contributed by atoms with Gasteiger partial charge in [0, 0.05) is 49.4 Å². The molecule has 3 heterocycles. The van der Waals surface area contributed by atoms with Crippen molar-refractivity contribution in [3.05, 3.63) is 74.6 Å². The van der Waals surface area contributed by atoms with Gasteiger partial charge in [0.25, 0.3) is 5.56 Å². The van der Waals surface area contributed by atoms with Gasteiger partial charge in [-0.15, -0.1) is 0 Å². The second kappa shape index (κ2) is 9.32. The smallest absolute Gasteiger partial charge is 0.255 e. The Bertz CT molecular complexity index is 987. The molecule has 0 atom stereocenters. The number of halogens is 1. The molecular weight excluding hydrogens is 376 g/mol. The third-order valence-corrected chi connectivity index (χ3v) is 4.43. The van der Waals surface area contributed by atoms with Gasteiger partial charge in [0.15, 0.2) is 0 Å². The van der Waals surface area contributed by atoms with E-state index in [-0.39, 0.29) is 5.56 Å². The third-order valence-electron chi connectivity index (χ3n) is 4.22. The van der Waals surface area contributed by atoms with E-state index in [9.17, 15) is 4.79 Å². The molecule has 0 bridgehead atoms. The lowest BCUT2D eigenvalue weighted by molar-refractivity contribution is 0.883. The first-order valence-corrected chi connectivity index (χ1v) is 9.48. The van der Waals surface area contributed by atoms with Gasteiger partial charge < -0.3 is 10.6 Å². The quantitative estimate of drug-likeness (QED) is 0.504. The Morgan fingerprint density at radius 3 is 2.57 bits per heavy atom. The molecule has 3 aromatic heterocycles. The van der Waals surface area contributed by atoms with Crippen molar-refractivity contribution in [2.45, 2.75) is 26.7 Å². The van der Waals surface area contributed by atoms with Crippen LogP contribution in [0.1, 0.15) is 28.8 Å². The molecular formula is C20H23ClN6O. The molecule has 28 heavy (non-hydrogen) atoms. The number of H-pyrrole nitrogens is 1. The predicted molar refractivity (Wildman–Crippen MR) is 112 cm³/mol. The fraction of sp³-hybridized carbons (Fsp3) is 0.300. The zero-order valence-corrected chi connectivity index (χ0v) is 16.7. The Hall–Kier alpha value is -2.93. The maximum absolute atomic E-state index is 12.3. The van der Waals surface area contributed by atoms with E-state index in [1.54, 1.807) is 18.6 Å². The number of rotatable bonds is 8. The SMILES string of the molecule is Cc1ccc(Cc2cnc(NCCCNc3ncc(Cl)cc3C)[nH]c2=O)cn1. The highest BCUT2D eigenvalue weighted by Crippen LogP contribution is 2.15. The Balaban J connectivity index is 1.46. The van der Waals surface area contributed by atoms with Gasteiger partial charge in [0.2, 0.25) is 5.95 Å². The number of aryl methyl sites for hydroxylation is 2. The molecule has 0 saturated carbocycles. The zero-order valence-electron chi connectivity index (χ0n) is 15.9. The Morgan fingerprint density at radius 1 is 1.04 bits per heavy atom. The van der Waals surface area contributed by atoms with E-state index in [0.717, 1.165) is 35.6 Å². The summed E-state index contributed by atoms with van der Waals surface area (Å²) in [6.07, 6.45) is 6.36. The molecule has 0 amide bonds. The molecule has 0 aliphatic rings. The highest BCUT2D eigenvalue weighted by Gasteiger charge is 2.05. The van der Waals surface area contributed by atoms with E-state index in [4.69, 9.17) is 11.6 Å². The first-order valence-electron chi connectivity index (χ1n) is 9.11. The molecule has 0 aliphatic carbocycles. The molecule has 0 radical (unpaired) electrons. The van der Waals surface area contributed by atoms with Gasteiger partial charge >= 0.3 is 0 Å². The molecule has 0 fully saturated rings. The normalized spacial score (nSPS) is 10.7. The minimum atomic E-state index is -0.141. The lowest BCUT2D eigenvalue weighted by Gasteiger charge is -2.09. The van der Waals surface area contributed by atoms with Crippen LogP contribution in [0.2, 0.25) is 5.02 Å². The van der Waals surface area contributed by atoms with Gasteiger partial charge in [-0.05, 0) is 43.5 Å². The fourth-order valence-electron chi connectivity index (χ4n) is 2.69. The van der Waals surface area contributed by atoms with Crippen LogP contribution in [0, 0.1) is 13.8 Å². The molecule has 3 rings (SSSR count). The van der Waals surface area contributed by atoms with E-state index in [1.165, 1.54) is 0 Å². The molecule has 0 spiro atoms. The van der Waals surface area contributed by atoms with Crippen molar-refractivity contribution in [3.8, 4) is 0 Å². The van der Waals surface area contributed by atoms with Crippen LogP contribution >= 0.6 is 11.6 Å². The summed E-state index contributed by atoms with van der Waals surface area (Å²) >= 11 is 5.90.